The van der Waals surface area contributed by atoms with Gasteiger partial charge in [-0.1, -0.05) is 25.3 Å². The van der Waals surface area contributed by atoms with E-state index in [0.29, 0.717) is 6.04 Å². The van der Waals surface area contributed by atoms with E-state index in [0.717, 1.165) is 11.6 Å². The lowest BCUT2D eigenvalue weighted by Crippen LogP contribution is -2.27. The van der Waals surface area contributed by atoms with Gasteiger partial charge in [0.2, 0.25) is 0 Å². The van der Waals surface area contributed by atoms with Gasteiger partial charge in [-0.15, -0.1) is 0 Å². The molecule has 1 aromatic heterocycles. The molecule has 1 aliphatic carbocycles. The summed E-state index contributed by atoms with van der Waals surface area (Å²) in [7, 11) is 2.06. The van der Waals surface area contributed by atoms with E-state index in [1.165, 1.54) is 37.8 Å². The Kier molecular flexibility index (Phi) is 3.94. The molecule has 0 radical (unpaired) electrons. The van der Waals surface area contributed by atoms with Crippen LogP contribution >= 0.6 is 0 Å². The van der Waals surface area contributed by atoms with Crippen LogP contribution in [0.5, 0.6) is 0 Å². The summed E-state index contributed by atoms with van der Waals surface area (Å²) in [6.07, 6.45) is 6.87. The van der Waals surface area contributed by atoms with E-state index in [9.17, 15) is 0 Å². The summed E-state index contributed by atoms with van der Waals surface area (Å²) in [5.74, 6) is 0.771. The van der Waals surface area contributed by atoms with Crippen LogP contribution in [0.4, 0.5) is 0 Å². The molecule has 1 saturated carbocycles. The Bertz CT molecular complexity index is 329. The van der Waals surface area contributed by atoms with Crippen LogP contribution in [0.2, 0.25) is 0 Å². The molecule has 1 N–H and O–H groups in total. The van der Waals surface area contributed by atoms with Gasteiger partial charge in [0.25, 0.3) is 0 Å². The number of hydrogen-bond donors (Lipinski definition) is 1. The second-order valence-electron chi connectivity index (χ2n) is 4.87. The number of hydrogen-bond acceptors (Lipinski definition) is 2. The fourth-order valence-corrected chi connectivity index (χ4v) is 2.83. The molecule has 1 heterocycles. The molecule has 2 heteroatoms. The number of aromatic nitrogens is 1. The topological polar surface area (TPSA) is 24.9 Å². The molecular weight excluding hydrogens is 196 g/mol. The van der Waals surface area contributed by atoms with E-state index < -0.39 is 0 Å². The highest BCUT2D eigenvalue weighted by molar-refractivity contribution is 5.14. The van der Waals surface area contributed by atoms with Crippen molar-refractivity contribution in [2.45, 2.75) is 45.1 Å². The van der Waals surface area contributed by atoms with Crippen LogP contribution in [0, 0.1) is 12.8 Å². The van der Waals surface area contributed by atoms with Gasteiger partial charge in [0.15, 0.2) is 0 Å². The van der Waals surface area contributed by atoms with Crippen LogP contribution in [0.1, 0.15) is 49.5 Å². The lowest BCUT2D eigenvalue weighted by atomic mass is 9.82. The van der Waals surface area contributed by atoms with Crippen molar-refractivity contribution in [1.82, 2.24) is 10.3 Å². The molecule has 1 atom stereocenters. The average Bonchev–Trinajstić information content (AvgIpc) is 2.31. The van der Waals surface area contributed by atoms with Crippen molar-refractivity contribution in [3.63, 3.8) is 0 Å². The highest BCUT2D eigenvalue weighted by Gasteiger charge is 2.24. The quantitative estimate of drug-likeness (QED) is 0.842. The van der Waals surface area contributed by atoms with Crippen LogP contribution in [0.15, 0.2) is 18.2 Å². The molecule has 88 valence electrons. The lowest BCUT2D eigenvalue weighted by Gasteiger charge is -2.29. The maximum Gasteiger partial charge on any atom is 0.0579 e. The van der Waals surface area contributed by atoms with Crippen LogP contribution in [-0.2, 0) is 0 Å². The Labute approximate surface area is 98.5 Å². The minimum absolute atomic E-state index is 0.445. The fraction of sp³-hybridized carbons (Fsp3) is 0.643. The minimum atomic E-state index is 0.445. The smallest absolute Gasteiger partial charge is 0.0579 e. The molecule has 0 spiro atoms. The molecule has 0 bridgehead atoms. The first-order chi connectivity index (χ1) is 7.81. The Morgan fingerprint density at radius 2 is 2.00 bits per heavy atom. The average molecular weight is 218 g/mol. The van der Waals surface area contributed by atoms with E-state index in [1.807, 2.05) is 0 Å². The predicted molar refractivity (Wildman–Crippen MR) is 67.3 cm³/mol. The molecule has 1 unspecified atom stereocenters. The van der Waals surface area contributed by atoms with Gasteiger partial charge in [-0.2, -0.15) is 0 Å². The molecule has 2 nitrogen and oxygen atoms in total. The van der Waals surface area contributed by atoms with Crippen LogP contribution in [0.3, 0.4) is 0 Å². The molecule has 0 saturated heterocycles. The van der Waals surface area contributed by atoms with E-state index in [-0.39, 0.29) is 0 Å². The zero-order valence-electron chi connectivity index (χ0n) is 10.4. The zero-order valence-corrected chi connectivity index (χ0v) is 10.4. The van der Waals surface area contributed by atoms with Gasteiger partial charge in [0.1, 0.15) is 0 Å². The number of aryl methyl sites for hydroxylation is 1. The number of rotatable bonds is 3. The highest BCUT2D eigenvalue weighted by atomic mass is 14.9. The minimum Gasteiger partial charge on any atom is -0.311 e. The second-order valence-corrected chi connectivity index (χ2v) is 4.87. The van der Waals surface area contributed by atoms with E-state index in [1.54, 1.807) is 0 Å². The summed E-state index contributed by atoms with van der Waals surface area (Å²) >= 11 is 0. The molecule has 0 aromatic carbocycles. The molecule has 0 aliphatic heterocycles. The first-order valence-corrected chi connectivity index (χ1v) is 6.42. The number of pyridine rings is 1. The van der Waals surface area contributed by atoms with Crippen LogP contribution < -0.4 is 5.32 Å². The summed E-state index contributed by atoms with van der Waals surface area (Å²) in [4.78, 5) is 4.66. The van der Waals surface area contributed by atoms with Gasteiger partial charge < -0.3 is 5.32 Å². The fourth-order valence-electron chi connectivity index (χ4n) is 2.83. The zero-order chi connectivity index (χ0) is 11.4. The molecule has 2 rings (SSSR count). The van der Waals surface area contributed by atoms with Crippen molar-refractivity contribution in [1.29, 1.82) is 0 Å². The third kappa shape index (κ3) is 2.62. The number of nitrogens with one attached hydrogen (secondary N) is 1. The van der Waals surface area contributed by atoms with Crippen LogP contribution in [0.25, 0.3) is 0 Å². The summed E-state index contributed by atoms with van der Waals surface area (Å²) in [6, 6.07) is 6.78. The first kappa shape index (κ1) is 11.6. The summed E-state index contributed by atoms with van der Waals surface area (Å²) in [6.45, 7) is 2.07. The third-order valence-electron chi connectivity index (χ3n) is 3.66. The Hall–Kier alpha value is -0.890. The second kappa shape index (κ2) is 5.44. The van der Waals surface area contributed by atoms with Gasteiger partial charge in [-0.3, -0.25) is 4.98 Å². The van der Waals surface area contributed by atoms with Gasteiger partial charge in [-0.05, 0) is 44.9 Å². The van der Waals surface area contributed by atoms with Gasteiger partial charge in [-0.25, -0.2) is 0 Å². The Balaban J connectivity index is 2.14. The molecular formula is C14H22N2. The lowest BCUT2D eigenvalue weighted by molar-refractivity contribution is 0.277. The Morgan fingerprint density at radius 3 is 2.62 bits per heavy atom. The largest absolute Gasteiger partial charge is 0.311 e. The Morgan fingerprint density at radius 1 is 1.25 bits per heavy atom. The maximum absolute atomic E-state index is 4.66. The van der Waals surface area contributed by atoms with Crippen molar-refractivity contribution in [3.8, 4) is 0 Å². The van der Waals surface area contributed by atoms with Crippen LogP contribution in [-0.4, -0.2) is 12.0 Å². The third-order valence-corrected chi connectivity index (χ3v) is 3.66. The summed E-state index contributed by atoms with van der Waals surface area (Å²) in [5, 5.41) is 3.45. The van der Waals surface area contributed by atoms with E-state index >= 15 is 0 Å². The normalized spacial score (nSPS) is 19.6. The standard InChI is InChI=1S/C14H22N2/c1-11-7-6-10-13(16-11)14(15-2)12-8-4-3-5-9-12/h6-7,10,12,14-15H,3-5,8-9H2,1-2H3. The molecule has 1 fully saturated rings. The van der Waals surface area contributed by atoms with Gasteiger partial charge >= 0.3 is 0 Å². The van der Waals surface area contributed by atoms with E-state index in [4.69, 9.17) is 0 Å². The van der Waals surface area contributed by atoms with Crippen molar-refractivity contribution in [2.75, 3.05) is 7.05 Å². The summed E-state index contributed by atoms with van der Waals surface area (Å²) < 4.78 is 0. The SMILES string of the molecule is CNC(c1cccc(C)n1)C1CCCCC1. The number of nitrogens with zero attached hydrogens (tertiary/aromatic N) is 1. The molecule has 0 amide bonds. The molecule has 16 heavy (non-hydrogen) atoms. The van der Waals surface area contributed by atoms with E-state index in [2.05, 4.69) is 42.5 Å². The van der Waals surface area contributed by atoms with Crippen molar-refractivity contribution in [3.05, 3.63) is 29.6 Å². The molecule has 1 aliphatic rings. The van der Waals surface area contributed by atoms with Crippen molar-refractivity contribution >= 4 is 0 Å². The van der Waals surface area contributed by atoms with Crippen molar-refractivity contribution in [2.24, 2.45) is 5.92 Å². The summed E-state index contributed by atoms with van der Waals surface area (Å²) in [5.41, 5.74) is 2.34. The van der Waals surface area contributed by atoms with Crippen molar-refractivity contribution < 1.29 is 0 Å². The van der Waals surface area contributed by atoms with Gasteiger partial charge in [0, 0.05) is 5.69 Å². The first-order valence-electron chi connectivity index (χ1n) is 6.42. The molecule has 1 aromatic rings. The highest BCUT2D eigenvalue weighted by Crippen LogP contribution is 2.33. The van der Waals surface area contributed by atoms with Gasteiger partial charge in [0.05, 0.1) is 11.7 Å². The predicted octanol–water partition coefficient (Wildman–Crippen LogP) is 3.23. The maximum atomic E-state index is 4.66. The monoisotopic (exact) mass is 218 g/mol.